The molecule has 0 bridgehead atoms. The molecule has 0 saturated carbocycles. The van der Waals surface area contributed by atoms with Crippen LogP contribution in [0.4, 0.5) is 0 Å². The van der Waals surface area contributed by atoms with Gasteiger partial charge in [-0.1, -0.05) is 23.0 Å². The molecular formula is C15H11N5O2S2. The largest absolute Gasteiger partial charge is 0.338 e. The van der Waals surface area contributed by atoms with Crippen LogP contribution in [0, 0.1) is 0 Å². The van der Waals surface area contributed by atoms with E-state index in [2.05, 4.69) is 20.1 Å². The Kier molecular flexibility index (Phi) is 3.87. The molecule has 4 aromatic heterocycles. The van der Waals surface area contributed by atoms with Crippen molar-refractivity contribution in [2.45, 2.75) is 10.9 Å². The Balaban J connectivity index is 1.56. The lowest BCUT2D eigenvalue weighted by molar-refractivity contribution is 0.391. The fourth-order valence-corrected chi connectivity index (χ4v) is 3.75. The zero-order valence-electron chi connectivity index (χ0n) is 12.5. The second kappa shape index (κ2) is 6.17. The maximum absolute atomic E-state index is 12.3. The van der Waals surface area contributed by atoms with E-state index in [1.54, 1.807) is 17.8 Å². The lowest BCUT2D eigenvalue weighted by Gasteiger charge is -2.05. The van der Waals surface area contributed by atoms with E-state index in [0.717, 1.165) is 0 Å². The monoisotopic (exact) mass is 357 g/mol. The highest BCUT2D eigenvalue weighted by atomic mass is 32.2. The maximum Gasteiger partial charge on any atom is 0.271 e. The number of hydrogen-bond acceptors (Lipinski definition) is 8. The van der Waals surface area contributed by atoms with Crippen molar-refractivity contribution in [1.82, 2.24) is 24.7 Å². The Hall–Kier alpha value is -2.52. The van der Waals surface area contributed by atoms with Crippen LogP contribution in [0.3, 0.4) is 0 Å². The van der Waals surface area contributed by atoms with Crippen LogP contribution < -0.4 is 5.56 Å². The van der Waals surface area contributed by atoms with Crippen LogP contribution in [0.5, 0.6) is 0 Å². The van der Waals surface area contributed by atoms with Gasteiger partial charge in [-0.15, -0.1) is 11.3 Å². The molecule has 0 aromatic carbocycles. The van der Waals surface area contributed by atoms with Crippen LogP contribution >= 0.6 is 23.1 Å². The average Bonchev–Trinajstić information content (AvgIpc) is 3.27. The lowest BCUT2D eigenvalue weighted by atomic mass is 10.3. The van der Waals surface area contributed by atoms with Crippen molar-refractivity contribution in [2.24, 2.45) is 7.05 Å². The van der Waals surface area contributed by atoms with E-state index in [0.29, 0.717) is 38.5 Å². The number of hydrogen-bond donors (Lipinski definition) is 0. The summed E-state index contributed by atoms with van der Waals surface area (Å²) in [6, 6.07) is 7.35. The van der Waals surface area contributed by atoms with E-state index in [-0.39, 0.29) is 5.56 Å². The highest BCUT2D eigenvalue weighted by Gasteiger charge is 2.13. The number of fused-ring (bicyclic) bond motifs is 1. The molecular weight excluding hydrogens is 346 g/mol. The topological polar surface area (TPSA) is 86.7 Å². The smallest absolute Gasteiger partial charge is 0.271 e. The lowest BCUT2D eigenvalue weighted by Crippen LogP contribution is -2.18. The molecule has 9 heteroatoms. The number of thioether (sulfide) groups is 1. The third kappa shape index (κ3) is 2.72. The van der Waals surface area contributed by atoms with Gasteiger partial charge in [0.1, 0.15) is 10.4 Å². The molecule has 0 saturated heterocycles. The Morgan fingerprint density at radius 2 is 2.21 bits per heavy atom. The van der Waals surface area contributed by atoms with Crippen LogP contribution in [0.2, 0.25) is 0 Å². The summed E-state index contributed by atoms with van der Waals surface area (Å²) in [5, 5.41) is 6.41. The molecule has 24 heavy (non-hydrogen) atoms. The number of nitrogens with zero attached hydrogens (tertiary/aromatic N) is 5. The summed E-state index contributed by atoms with van der Waals surface area (Å²) in [5.41, 5.74) is 1.32. The minimum Gasteiger partial charge on any atom is -0.338 e. The highest BCUT2D eigenvalue weighted by molar-refractivity contribution is 7.98. The molecule has 7 nitrogen and oxygen atoms in total. The second-order valence-electron chi connectivity index (χ2n) is 4.91. The summed E-state index contributed by atoms with van der Waals surface area (Å²) in [5.74, 6) is 1.33. The van der Waals surface area contributed by atoms with Gasteiger partial charge in [-0.05, 0) is 23.6 Å². The summed E-state index contributed by atoms with van der Waals surface area (Å²) in [4.78, 5) is 25.3. The molecule has 0 N–H and O–H groups in total. The molecule has 0 amide bonds. The first-order valence-electron chi connectivity index (χ1n) is 7.03. The van der Waals surface area contributed by atoms with Crippen molar-refractivity contribution in [1.29, 1.82) is 0 Å². The average molecular weight is 357 g/mol. The fraction of sp³-hybridized carbons (Fsp3) is 0.133. The summed E-state index contributed by atoms with van der Waals surface area (Å²) < 4.78 is 7.45. The van der Waals surface area contributed by atoms with Gasteiger partial charge in [0.2, 0.25) is 11.7 Å². The van der Waals surface area contributed by atoms with E-state index >= 15 is 0 Å². The first-order chi connectivity index (χ1) is 11.7. The molecule has 4 aromatic rings. The summed E-state index contributed by atoms with van der Waals surface area (Å²) in [6.07, 6.45) is 1.68. The van der Waals surface area contributed by atoms with Gasteiger partial charge in [-0.2, -0.15) is 4.98 Å². The first-order valence-corrected chi connectivity index (χ1v) is 8.90. The Morgan fingerprint density at radius 3 is 3.04 bits per heavy atom. The number of thiophene rings is 1. The van der Waals surface area contributed by atoms with E-state index in [1.165, 1.54) is 23.1 Å². The van der Waals surface area contributed by atoms with Gasteiger partial charge >= 0.3 is 0 Å². The molecule has 4 rings (SSSR count). The minimum absolute atomic E-state index is 0.0443. The molecule has 0 aliphatic carbocycles. The van der Waals surface area contributed by atoms with Crippen molar-refractivity contribution in [2.75, 3.05) is 0 Å². The van der Waals surface area contributed by atoms with Crippen LogP contribution in [-0.4, -0.2) is 24.7 Å². The van der Waals surface area contributed by atoms with Crippen LogP contribution in [0.25, 0.3) is 21.7 Å². The SMILES string of the molecule is Cn1c(SCc2nc(-c3ccccn3)no2)nc2ccsc2c1=O. The normalized spacial score (nSPS) is 11.2. The predicted molar refractivity (Wildman–Crippen MR) is 92.0 cm³/mol. The molecule has 0 aliphatic heterocycles. The van der Waals surface area contributed by atoms with Gasteiger partial charge in [0.05, 0.1) is 11.3 Å². The quantitative estimate of drug-likeness (QED) is 0.410. The van der Waals surface area contributed by atoms with E-state index in [9.17, 15) is 4.79 Å². The zero-order chi connectivity index (χ0) is 16.5. The Bertz CT molecular complexity index is 1050. The van der Waals surface area contributed by atoms with Crippen molar-refractivity contribution in [3.05, 3.63) is 52.1 Å². The molecule has 0 radical (unpaired) electrons. The number of rotatable bonds is 4. The molecule has 0 aliphatic rings. The predicted octanol–water partition coefficient (Wildman–Crippen LogP) is 2.73. The minimum atomic E-state index is -0.0443. The van der Waals surface area contributed by atoms with Gasteiger partial charge in [0.25, 0.3) is 5.56 Å². The van der Waals surface area contributed by atoms with Gasteiger partial charge in [-0.3, -0.25) is 14.3 Å². The van der Waals surface area contributed by atoms with Crippen molar-refractivity contribution < 1.29 is 4.52 Å². The van der Waals surface area contributed by atoms with Crippen LogP contribution in [-0.2, 0) is 12.8 Å². The third-order valence-corrected chi connectivity index (χ3v) is 5.24. The van der Waals surface area contributed by atoms with Gasteiger partial charge in [-0.25, -0.2) is 4.98 Å². The van der Waals surface area contributed by atoms with Crippen molar-refractivity contribution in [3.8, 4) is 11.5 Å². The van der Waals surface area contributed by atoms with Crippen LogP contribution in [0.15, 0.2) is 50.3 Å². The van der Waals surface area contributed by atoms with E-state index in [1.807, 2.05) is 29.6 Å². The highest BCUT2D eigenvalue weighted by Crippen LogP contribution is 2.23. The zero-order valence-corrected chi connectivity index (χ0v) is 14.2. The second-order valence-corrected chi connectivity index (χ2v) is 6.77. The van der Waals surface area contributed by atoms with Gasteiger partial charge in [0.15, 0.2) is 5.16 Å². The molecule has 120 valence electrons. The molecule has 0 spiro atoms. The standard InChI is InChI=1S/C15H11N5O2S2/c1-20-14(21)12-9(5-7-23-12)17-15(20)24-8-11-18-13(19-22-11)10-4-2-3-6-16-10/h2-7H,8H2,1H3. The number of aromatic nitrogens is 5. The Morgan fingerprint density at radius 1 is 1.29 bits per heavy atom. The van der Waals surface area contributed by atoms with Gasteiger partial charge in [0, 0.05) is 13.2 Å². The Labute approximate surface area is 144 Å². The fourth-order valence-electron chi connectivity index (χ4n) is 2.14. The van der Waals surface area contributed by atoms with Crippen molar-refractivity contribution in [3.63, 3.8) is 0 Å². The first kappa shape index (κ1) is 15.0. The molecule has 4 heterocycles. The molecule has 0 atom stereocenters. The van der Waals surface area contributed by atoms with E-state index < -0.39 is 0 Å². The summed E-state index contributed by atoms with van der Waals surface area (Å²) in [7, 11) is 1.71. The number of pyridine rings is 1. The summed E-state index contributed by atoms with van der Waals surface area (Å²) >= 11 is 2.78. The van der Waals surface area contributed by atoms with E-state index in [4.69, 9.17) is 4.52 Å². The third-order valence-electron chi connectivity index (χ3n) is 3.33. The summed E-state index contributed by atoms with van der Waals surface area (Å²) in [6.45, 7) is 0. The molecule has 0 fully saturated rings. The maximum atomic E-state index is 12.3. The molecule has 0 unspecified atom stereocenters. The van der Waals surface area contributed by atoms with Gasteiger partial charge < -0.3 is 4.52 Å². The van der Waals surface area contributed by atoms with Crippen molar-refractivity contribution >= 4 is 33.3 Å². The van der Waals surface area contributed by atoms with Crippen LogP contribution in [0.1, 0.15) is 5.89 Å².